The van der Waals surface area contributed by atoms with Crippen LogP contribution in [0.15, 0.2) is 35.9 Å². The summed E-state index contributed by atoms with van der Waals surface area (Å²) in [5, 5.41) is 0. The Bertz CT molecular complexity index is 300. The predicted molar refractivity (Wildman–Crippen MR) is 54.5 cm³/mol. The molecule has 1 nitrogen and oxygen atoms in total. The quantitative estimate of drug-likeness (QED) is 0.636. The van der Waals surface area contributed by atoms with Gasteiger partial charge in [0, 0.05) is 0 Å². The number of hydrogen-bond acceptors (Lipinski definition) is 1. The van der Waals surface area contributed by atoms with E-state index in [4.69, 9.17) is 4.74 Å². The van der Waals surface area contributed by atoms with Crippen LogP contribution in [-0.2, 0) is 4.74 Å². The molecule has 68 valence electrons. The summed E-state index contributed by atoms with van der Waals surface area (Å²) in [7, 11) is 0. The highest BCUT2D eigenvalue weighted by Gasteiger charge is 2.14. The average molecular weight is 174 g/mol. The van der Waals surface area contributed by atoms with Crippen LogP contribution in [0.3, 0.4) is 0 Å². The molecule has 1 unspecified atom stereocenters. The van der Waals surface area contributed by atoms with E-state index < -0.39 is 0 Å². The molecule has 1 aliphatic heterocycles. The zero-order chi connectivity index (χ0) is 9.10. The maximum Gasteiger partial charge on any atom is 0.0684 e. The van der Waals surface area contributed by atoms with Gasteiger partial charge >= 0.3 is 0 Å². The Hall–Kier alpha value is -1.08. The monoisotopic (exact) mass is 174 g/mol. The van der Waals surface area contributed by atoms with Gasteiger partial charge in [0.1, 0.15) is 0 Å². The summed E-state index contributed by atoms with van der Waals surface area (Å²) < 4.78 is 5.47. The summed E-state index contributed by atoms with van der Waals surface area (Å²) >= 11 is 0. The molecule has 1 heterocycles. The molecule has 0 aromatic heterocycles. The minimum absolute atomic E-state index is 0.398. The van der Waals surface area contributed by atoms with Gasteiger partial charge in [0.15, 0.2) is 0 Å². The van der Waals surface area contributed by atoms with Gasteiger partial charge in [-0.2, -0.15) is 0 Å². The first kappa shape index (κ1) is 8.52. The van der Waals surface area contributed by atoms with Gasteiger partial charge in [0.2, 0.25) is 0 Å². The van der Waals surface area contributed by atoms with Crippen LogP contribution in [0, 0.1) is 0 Å². The van der Waals surface area contributed by atoms with Crippen molar-refractivity contribution in [3.63, 3.8) is 0 Å². The maximum absolute atomic E-state index is 5.47. The van der Waals surface area contributed by atoms with E-state index in [9.17, 15) is 0 Å². The van der Waals surface area contributed by atoms with Crippen LogP contribution < -0.4 is 0 Å². The summed E-state index contributed by atoms with van der Waals surface area (Å²) in [5.74, 6) is 0. The summed E-state index contributed by atoms with van der Waals surface area (Å²) in [6.07, 6.45) is 3.70. The van der Waals surface area contributed by atoms with Crippen molar-refractivity contribution in [3.8, 4) is 0 Å². The molecule has 0 bridgehead atoms. The standard InChI is InChI=1S/C12H14O/c1-10-7-12(9-13-10)8-11-5-3-2-4-6-11/h2-6,8,10H,7,9H2,1H3/b12-8-. The molecule has 1 saturated heterocycles. The molecule has 0 amide bonds. The second-order valence-corrected chi connectivity index (χ2v) is 3.54. The van der Waals surface area contributed by atoms with Gasteiger partial charge < -0.3 is 4.74 Å². The number of rotatable bonds is 1. The highest BCUT2D eigenvalue weighted by atomic mass is 16.5. The molecule has 2 rings (SSSR count). The molecule has 1 aliphatic rings. The second-order valence-electron chi connectivity index (χ2n) is 3.54. The van der Waals surface area contributed by atoms with E-state index in [1.165, 1.54) is 11.1 Å². The molecule has 0 N–H and O–H groups in total. The molecule has 13 heavy (non-hydrogen) atoms. The first-order chi connectivity index (χ1) is 6.34. The molecular weight excluding hydrogens is 160 g/mol. The Morgan fingerprint density at radius 3 is 2.69 bits per heavy atom. The van der Waals surface area contributed by atoms with Gasteiger partial charge in [0.05, 0.1) is 12.7 Å². The van der Waals surface area contributed by atoms with E-state index in [2.05, 4.69) is 37.3 Å². The third kappa shape index (κ3) is 2.19. The van der Waals surface area contributed by atoms with Crippen molar-refractivity contribution in [3.05, 3.63) is 41.5 Å². The second kappa shape index (κ2) is 3.75. The molecule has 1 heteroatoms. The van der Waals surface area contributed by atoms with Crippen LogP contribution in [0.5, 0.6) is 0 Å². The van der Waals surface area contributed by atoms with Crippen LogP contribution in [0.2, 0.25) is 0 Å². The first-order valence-electron chi connectivity index (χ1n) is 4.71. The lowest BCUT2D eigenvalue weighted by Gasteiger charge is -1.95. The van der Waals surface area contributed by atoms with Crippen LogP contribution >= 0.6 is 0 Å². The van der Waals surface area contributed by atoms with Gasteiger partial charge in [-0.1, -0.05) is 36.4 Å². The molecule has 1 aromatic rings. The van der Waals surface area contributed by atoms with Crippen molar-refractivity contribution in [1.82, 2.24) is 0 Å². The fraction of sp³-hybridized carbons (Fsp3) is 0.333. The van der Waals surface area contributed by atoms with E-state index in [1.807, 2.05) is 6.07 Å². The minimum Gasteiger partial charge on any atom is -0.374 e. The lowest BCUT2D eigenvalue weighted by atomic mass is 10.1. The summed E-state index contributed by atoms with van der Waals surface area (Å²) in [5.41, 5.74) is 2.67. The van der Waals surface area contributed by atoms with Crippen molar-refractivity contribution < 1.29 is 4.74 Å². The lowest BCUT2D eigenvalue weighted by Crippen LogP contribution is -1.94. The van der Waals surface area contributed by atoms with Crippen LogP contribution in [-0.4, -0.2) is 12.7 Å². The number of hydrogen-bond donors (Lipinski definition) is 0. The summed E-state index contributed by atoms with van der Waals surface area (Å²) in [6.45, 7) is 2.92. The van der Waals surface area contributed by atoms with Crippen LogP contribution in [0.4, 0.5) is 0 Å². The third-order valence-corrected chi connectivity index (χ3v) is 2.27. The normalized spacial score (nSPS) is 25.3. The van der Waals surface area contributed by atoms with E-state index in [0.717, 1.165) is 13.0 Å². The van der Waals surface area contributed by atoms with Crippen molar-refractivity contribution in [2.45, 2.75) is 19.4 Å². The molecule has 0 spiro atoms. The summed E-state index contributed by atoms with van der Waals surface area (Å²) in [4.78, 5) is 0. The summed E-state index contributed by atoms with van der Waals surface area (Å²) in [6, 6.07) is 10.4. The van der Waals surface area contributed by atoms with E-state index >= 15 is 0 Å². The van der Waals surface area contributed by atoms with E-state index in [-0.39, 0.29) is 0 Å². The molecule has 1 fully saturated rings. The number of ether oxygens (including phenoxy) is 1. The fourth-order valence-electron chi connectivity index (χ4n) is 1.62. The molecule has 0 radical (unpaired) electrons. The Labute approximate surface area is 79.0 Å². The Balaban J connectivity index is 2.13. The van der Waals surface area contributed by atoms with Gasteiger partial charge in [0.25, 0.3) is 0 Å². The Kier molecular flexibility index (Phi) is 2.46. The van der Waals surface area contributed by atoms with Gasteiger partial charge in [-0.15, -0.1) is 0 Å². The molecule has 1 atom stereocenters. The highest BCUT2D eigenvalue weighted by molar-refractivity contribution is 5.53. The number of benzene rings is 1. The fourth-order valence-corrected chi connectivity index (χ4v) is 1.62. The van der Waals surface area contributed by atoms with Crippen molar-refractivity contribution in [1.29, 1.82) is 0 Å². The van der Waals surface area contributed by atoms with Crippen molar-refractivity contribution in [2.75, 3.05) is 6.61 Å². The Morgan fingerprint density at radius 1 is 1.31 bits per heavy atom. The third-order valence-electron chi connectivity index (χ3n) is 2.27. The average Bonchev–Trinajstić information content (AvgIpc) is 2.53. The maximum atomic E-state index is 5.47. The zero-order valence-corrected chi connectivity index (χ0v) is 7.86. The molecular formula is C12H14O. The van der Waals surface area contributed by atoms with E-state index in [1.54, 1.807) is 0 Å². The first-order valence-corrected chi connectivity index (χ1v) is 4.71. The van der Waals surface area contributed by atoms with Gasteiger partial charge in [-0.05, 0) is 24.5 Å². The van der Waals surface area contributed by atoms with Crippen LogP contribution in [0.25, 0.3) is 6.08 Å². The van der Waals surface area contributed by atoms with Crippen molar-refractivity contribution in [2.24, 2.45) is 0 Å². The van der Waals surface area contributed by atoms with Crippen LogP contribution in [0.1, 0.15) is 18.9 Å². The van der Waals surface area contributed by atoms with Gasteiger partial charge in [-0.25, -0.2) is 0 Å². The topological polar surface area (TPSA) is 9.23 Å². The predicted octanol–water partition coefficient (Wildman–Crippen LogP) is 2.88. The van der Waals surface area contributed by atoms with Gasteiger partial charge in [-0.3, -0.25) is 0 Å². The highest BCUT2D eigenvalue weighted by Crippen LogP contribution is 2.20. The Morgan fingerprint density at radius 2 is 2.08 bits per heavy atom. The SMILES string of the molecule is CC1C/C(=C/c2ccccc2)CO1. The van der Waals surface area contributed by atoms with Crippen molar-refractivity contribution >= 4 is 6.08 Å². The lowest BCUT2D eigenvalue weighted by molar-refractivity contribution is 0.128. The smallest absolute Gasteiger partial charge is 0.0684 e. The zero-order valence-electron chi connectivity index (χ0n) is 7.86. The molecule has 1 aromatic carbocycles. The largest absolute Gasteiger partial charge is 0.374 e. The molecule has 0 aliphatic carbocycles. The molecule has 0 saturated carbocycles. The minimum atomic E-state index is 0.398. The van der Waals surface area contributed by atoms with E-state index in [0.29, 0.717) is 6.10 Å².